The van der Waals surface area contributed by atoms with E-state index in [-0.39, 0.29) is 11.9 Å². The fourth-order valence-corrected chi connectivity index (χ4v) is 4.28. The molecule has 2 aromatic rings. The number of rotatable bonds is 2. The summed E-state index contributed by atoms with van der Waals surface area (Å²) in [6.45, 7) is 0. The Kier molecular flexibility index (Phi) is 4.14. The Balaban J connectivity index is 1.59. The number of hydrogen-bond acceptors (Lipinski definition) is 5. The minimum absolute atomic E-state index is 0.0952. The summed E-state index contributed by atoms with van der Waals surface area (Å²) in [5.74, 6) is 0.484. The number of aromatic nitrogens is 3. The average molecular weight is 357 g/mol. The highest BCUT2D eigenvalue weighted by Gasteiger charge is 2.38. The van der Waals surface area contributed by atoms with Crippen molar-refractivity contribution in [3.05, 3.63) is 33.1 Å². The van der Waals surface area contributed by atoms with E-state index in [4.69, 9.17) is 0 Å². The van der Waals surface area contributed by atoms with Crippen molar-refractivity contribution in [1.82, 2.24) is 19.4 Å². The lowest BCUT2D eigenvalue weighted by atomic mass is 9.85. The fraction of sp³-hybridized carbons (Fsp3) is 0.556. The third kappa shape index (κ3) is 2.74. The molecule has 0 aromatic carbocycles. The highest BCUT2D eigenvalue weighted by molar-refractivity contribution is 5.96. The molecular formula is C18H23N5O3. The van der Waals surface area contributed by atoms with Crippen LogP contribution in [0, 0.1) is 5.92 Å². The first kappa shape index (κ1) is 17.0. The molecule has 2 fully saturated rings. The van der Waals surface area contributed by atoms with Crippen LogP contribution in [0.15, 0.2) is 21.9 Å². The van der Waals surface area contributed by atoms with Crippen molar-refractivity contribution in [2.75, 3.05) is 5.32 Å². The molecule has 0 radical (unpaired) electrons. The van der Waals surface area contributed by atoms with Gasteiger partial charge in [-0.1, -0.05) is 12.8 Å². The molecule has 8 heteroatoms. The topological polar surface area (TPSA) is 98.0 Å². The molecule has 1 amide bonds. The van der Waals surface area contributed by atoms with Gasteiger partial charge in [0, 0.05) is 20.1 Å². The largest absolute Gasteiger partial charge is 0.332 e. The molecule has 138 valence electrons. The van der Waals surface area contributed by atoms with E-state index in [0.717, 1.165) is 17.4 Å². The van der Waals surface area contributed by atoms with Gasteiger partial charge in [0.05, 0.1) is 23.3 Å². The zero-order chi connectivity index (χ0) is 18.4. The first-order valence-electron chi connectivity index (χ1n) is 9.08. The van der Waals surface area contributed by atoms with Gasteiger partial charge in [0.15, 0.2) is 0 Å². The van der Waals surface area contributed by atoms with E-state index < -0.39 is 11.2 Å². The molecule has 2 aliphatic rings. The Morgan fingerprint density at radius 2 is 2.00 bits per heavy atom. The second-order valence-corrected chi connectivity index (χ2v) is 7.40. The van der Waals surface area contributed by atoms with Gasteiger partial charge in [-0.15, -0.1) is 0 Å². The van der Waals surface area contributed by atoms with E-state index >= 15 is 0 Å². The van der Waals surface area contributed by atoms with Crippen LogP contribution in [0.1, 0.15) is 32.1 Å². The SMILES string of the molecule is Cn1c(=O)c2cc(NC(=O)C3CC4CCCCC4N3)cnc2n(C)c1=O. The number of aryl methyl sites for hydroxylation is 1. The molecule has 2 aromatic heterocycles. The van der Waals surface area contributed by atoms with E-state index in [1.54, 1.807) is 13.1 Å². The summed E-state index contributed by atoms with van der Waals surface area (Å²) >= 11 is 0. The zero-order valence-electron chi connectivity index (χ0n) is 15.0. The van der Waals surface area contributed by atoms with Gasteiger partial charge in [-0.2, -0.15) is 0 Å². The van der Waals surface area contributed by atoms with Gasteiger partial charge >= 0.3 is 5.69 Å². The molecule has 2 N–H and O–H groups in total. The molecule has 26 heavy (non-hydrogen) atoms. The van der Waals surface area contributed by atoms with Gasteiger partial charge in [-0.3, -0.25) is 18.7 Å². The quantitative estimate of drug-likeness (QED) is 0.815. The van der Waals surface area contributed by atoms with Gasteiger partial charge in [-0.25, -0.2) is 9.78 Å². The summed E-state index contributed by atoms with van der Waals surface area (Å²) in [5.41, 5.74) is -0.0720. The number of amides is 1. The summed E-state index contributed by atoms with van der Waals surface area (Å²) in [6.07, 6.45) is 7.13. The van der Waals surface area contributed by atoms with Crippen LogP contribution >= 0.6 is 0 Å². The number of carbonyl (C=O) groups is 1. The van der Waals surface area contributed by atoms with Gasteiger partial charge in [0.2, 0.25) is 5.91 Å². The Morgan fingerprint density at radius 3 is 2.77 bits per heavy atom. The standard InChI is InChI=1S/C18H23N5O3/c1-22-15-12(17(25)23(2)18(22)26)8-11(9-19-15)20-16(24)14-7-10-5-3-4-6-13(10)21-14/h8-10,13-14,21H,3-7H2,1-2H3,(H,20,24). The number of fused-ring (bicyclic) bond motifs is 2. The number of carbonyl (C=O) groups excluding carboxylic acids is 1. The van der Waals surface area contributed by atoms with Gasteiger partial charge in [0.1, 0.15) is 5.65 Å². The highest BCUT2D eigenvalue weighted by Crippen LogP contribution is 2.33. The first-order chi connectivity index (χ1) is 12.5. The van der Waals surface area contributed by atoms with Crippen LogP contribution in [0.25, 0.3) is 11.0 Å². The fourth-order valence-electron chi connectivity index (χ4n) is 4.28. The van der Waals surface area contributed by atoms with Crippen molar-refractivity contribution >= 4 is 22.6 Å². The summed E-state index contributed by atoms with van der Waals surface area (Å²) in [4.78, 5) is 41.2. The van der Waals surface area contributed by atoms with Crippen molar-refractivity contribution in [3.8, 4) is 0 Å². The molecule has 3 unspecified atom stereocenters. The zero-order valence-corrected chi connectivity index (χ0v) is 15.0. The van der Waals surface area contributed by atoms with Gasteiger partial charge in [-0.05, 0) is 31.2 Å². The average Bonchev–Trinajstić information content (AvgIpc) is 3.09. The van der Waals surface area contributed by atoms with Gasteiger partial charge in [0.25, 0.3) is 5.56 Å². The third-order valence-corrected chi connectivity index (χ3v) is 5.74. The maximum Gasteiger partial charge on any atom is 0.332 e. The number of pyridine rings is 1. The van der Waals surface area contributed by atoms with Crippen molar-refractivity contribution in [2.45, 2.75) is 44.2 Å². The lowest BCUT2D eigenvalue weighted by Crippen LogP contribution is -2.40. The van der Waals surface area contributed by atoms with Crippen LogP contribution in [0.3, 0.4) is 0 Å². The molecule has 0 spiro atoms. The highest BCUT2D eigenvalue weighted by atomic mass is 16.2. The minimum Gasteiger partial charge on any atom is -0.323 e. The Bertz CT molecular complexity index is 979. The molecular weight excluding hydrogens is 334 g/mol. The maximum atomic E-state index is 12.6. The second-order valence-electron chi connectivity index (χ2n) is 7.40. The molecule has 1 saturated carbocycles. The lowest BCUT2D eigenvalue weighted by molar-refractivity contribution is -0.117. The molecule has 1 saturated heterocycles. The number of nitrogens with zero attached hydrogens (tertiary/aromatic N) is 3. The van der Waals surface area contributed by atoms with E-state index in [0.29, 0.717) is 28.7 Å². The van der Waals surface area contributed by atoms with Crippen molar-refractivity contribution < 1.29 is 4.79 Å². The van der Waals surface area contributed by atoms with Crippen molar-refractivity contribution in [1.29, 1.82) is 0 Å². The predicted molar refractivity (Wildman–Crippen MR) is 98.1 cm³/mol. The molecule has 8 nitrogen and oxygen atoms in total. The molecule has 4 rings (SSSR count). The Hall–Kier alpha value is -2.48. The van der Waals surface area contributed by atoms with Crippen LogP contribution in [0.4, 0.5) is 5.69 Å². The Labute approximate surface area is 150 Å². The first-order valence-corrected chi connectivity index (χ1v) is 9.08. The van der Waals surface area contributed by atoms with E-state index in [9.17, 15) is 14.4 Å². The summed E-state index contributed by atoms with van der Waals surface area (Å²) in [7, 11) is 3.00. The molecule has 1 aliphatic heterocycles. The van der Waals surface area contributed by atoms with Crippen LogP contribution < -0.4 is 21.9 Å². The summed E-state index contributed by atoms with van der Waals surface area (Å²) in [5, 5.41) is 6.62. The number of nitrogens with one attached hydrogen (secondary N) is 2. The lowest BCUT2D eigenvalue weighted by Gasteiger charge is -2.24. The predicted octanol–water partition coefficient (Wildman–Crippen LogP) is 0.491. The number of anilines is 1. The second kappa shape index (κ2) is 6.35. The van der Waals surface area contributed by atoms with Crippen molar-refractivity contribution in [2.24, 2.45) is 20.0 Å². The van der Waals surface area contributed by atoms with Crippen LogP contribution in [-0.4, -0.2) is 32.1 Å². The summed E-state index contributed by atoms with van der Waals surface area (Å²) < 4.78 is 2.37. The Morgan fingerprint density at radius 1 is 1.23 bits per heavy atom. The smallest absolute Gasteiger partial charge is 0.323 e. The molecule has 1 aliphatic carbocycles. The monoisotopic (exact) mass is 357 g/mol. The number of hydrogen-bond donors (Lipinski definition) is 2. The summed E-state index contributed by atoms with van der Waals surface area (Å²) in [6, 6.07) is 1.82. The minimum atomic E-state index is -0.426. The molecule has 3 atom stereocenters. The van der Waals surface area contributed by atoms with E-state index in [1.165, 1.54) is 37.1 Å². The van der Waals surface area contributed by atoms with Crippen LogP contribution in [0.5, 0.6) is 0 Å². The van der Waals surface area contributed by atoms with Crippen LogP contribution in [-0.2, 0) is 18.9 Å². The van der Waals surface area contributed by atoms with Crippen molar-refractivity contribution in [3.63, 3.8) is 0 Å². The normalized spacial score (nSPS) is 25.2. The van der Waals surface area contributed by atoms with E-state index in [1.807, 2.05) is 0 Å². The third-order valence-electron chi connectivity index (χ3n) is 5.74. The maximum absolute atomic E-state index is 12.6. The van der Waals surface area contributed by atoms with Gasteiger partial charge < -0.3 is 10.6 Å². The van der Waals surface area contributed by atoms with E-state index in [2.05, 4.69) is 15.6 Å². The molecule has 3 heterocycles. The van der Waals surface area contributed by atoms with Crippen LogP contribution in [0.2, 0.25) is 0 Å². The molecule has 0 bridgehead atoms.